The highest BCUT2D eigenvalue weighted by Crippen LogP contribution is 2.29. The highest BCUT2D eigenvalue weighted by molar-refractivity contribution is 7.11. The maximum absolute atomic E-state index is 12.0. The van der Waals surface area contributed by atoms with Crippen molar-refractivity contribution < 1.29 is 9.53 Å². The molecule has 0 spiro atoms. The molecule has 0 saturated carbocycles. The smallest absolute Gasteiger partial charge is 0.311 e. The molecule has 1 aromatic heterocycles. The van der Waals surface area contributed by atoms with Crippen LogP contribution in [0.3, 0.4) is 0 Å². The first-order chi connectivity index (χ1) is 8.88. The van der Waals surface area contributed by atoms with Crippen molar-refractivity contribution in [1.29, 1.82) is 0 Å². The van der Waals surface area contributed by atoms with Gasteiger partial charge in [-0.3, -0.25) is 4.79 Å². The monoisotopic (exact) mass is 279 g/mol. The van der Waals surface area contributed by atoms with Crippen LogP contribution in [0.25, 0.3) is 5.57 Å². The van der Waals surface area contributed by atoms with Crippen LogP contribution in [0.15, 0.2) is 17.5 Å². The molecule has 4 heteroatoms. The lowest BCUT2D eigenvalue weighted by Gasteiger charge is -2.27. The molecule has 0 amide bonds. The van der Waals surface area contributed by atoms with Crippen molar-refractivity contribution in [2.75, 3.05) is 13.1 Å². The molecule has 104 valence electrons. The fourth-order valence-corrected chi connectivity index (χ4v) is 2.88. The molecule has 0 saturated heterocycles. The zero-order valence-electron chi connectivity index (χ0n) is 11.9. The minimum atomic E-state index is -0.464. The Balaban J connectivity index is 2.17. The molecule has 0 aromatic carbocycles. The summed E-state index contributed by atoms with van der Waals surface area (Å²) in [5.74, 6) is -0.152. The van der Waals surface area contributed by atoms with Crippen molar-refractivity contribution in [1.82, 2.24) is 5.32 Å². The maximum atomic E-state index is 12.0. The molecule has 0 radical (unpaired) electrons. The molecule has 0 fully saturated rings. The van der Waals surface area contributed by atoms with E-state index in [-0.39, 0.29) is 12.1 Å². The van der Waals surface area contributed by atoms with Gasteiger partial charge < -0.3 is 10.1 Å². The van der Waals surface area contributed by atoms with E-state index in [9.17, 15) is 4.79 Å². The van der Waals surface area contributed by atoms with Gasteiger partial charge >= 0.3 is 5.97 Å². The maximum Gasteiger partial charge on any atom is 0.311 e. The number of esters is 1. The second kappa shape index (κ2) is 5.47. The summed E-state index contributed by atoms with van der Waals surface area (Å²) in [6.45, 7) is 9.23. The van der Waals surface area contributed by atoms with Crippen LogP contribution in [-0.2, 0) is 9.53 Å². The van der Waals surface area contributed by atoms with Crippen molar-refractivity contribution in [2.24, 2.45) is 5.41 Å². The van der Waals surface area contributed by atoms with E-state index in [0.29, 0.717) is 6.54 Å². The number of nitrogens with one attached hydrogen (secondary N) is 1. The number of carbonyl (C=O) groups is 1. The summed E-state index contributed by atoms with van der Waals surface area (Å²) in [7, 11) is 0. The molecule has 1 aliphatic rings. The van der Waals surface area contributed by atoms with Gasteiger partial charge in [0, 0.05) is 23.5 Å². The topological polar surface area (TPSA) is 38.3 Å². The lowest BCUT2D eigenvalue weighted by molar-refractivity contribution is -0.155. The van der Waals surface area contributed by atoms with Gasteiger partial charge in [0.25, 0.3) is 0 Å². The summed E-state index contributed by atoms with van der Waals surface area (Å²) in [6.07, 6.45) is 1.94. The van der Waals surface area contributed by atoms with E-state index in [4.69, 9.17) is 4.74 Å². The van der Waals surface area contributed by atoms with E-state index in [1.54, 1.807) is 11.3 Å². The Bertz CT molecular complexity index is 496. The van der Waals surface area contributed by atoms with Crippen LogP contribution in [0.1, 0.15) is 31.2 Å². The Morgan fingerprint density at radius 2 is 2.21 bits per heavy atom. The molecule has 1 aromatic rings. The molecule has 2 rings (SSSR count). The first kappa shape index (κ1) is 14.3. The predicted molar refractivity (Wildman–Crippen MR) is 79.2 cm³/mol. The number of thiophene rings is 1. The highest BCUT2D eigenvalue weighted by Gasteiger charge is 2.29. The quantitative estimate of drug-likeness (QED) is 0.846. The average molecular weight is 279 g/mol. The number of carbonyl (C=O) groups excluding carboxylic acids is 1. The largest absolute Gasteiger partial charge is 0.456 e. The van der Waals surface area contributed by atoms with Crippen LogP contribution < -0.4 is 5.32 Å². The third kappa shape index (κ3) is 3.45. The second-order valence-electron chi connectivity index (χ2n) is 5.95. The first-order valence-corrected chi connectivity index (χ1v) is 7.43. The predicted octanol–water partition coefficient (Wildman–Crippen LogP) is 3.00. The average Bonchev–Trinajstić information content (AvgIpc) is 2.75. The van der Waals surface area contributed by atoms with E-state index in [2.05, 4.69) is 29.8 Å². The van der Waals surface area contributed by atoms with Gasteiger partial charge in [-0.2, -0.15) is 0 Å². The molecule has 19 heavy (non-hydrogen) atoms. The van der Waals surface area contributed by atoms with E-state index >= 15 is 0 Å². The number of hydrogen-bond donors (Lipinski definition) is 1. The summed E-state index contributed by atoms with van der Waals surface area (Å²) in [5, 5.41) is 5.38. The summed E-state index contributed by atoms with van der Waals surface area (Å²) in [4.78, 5) is 13.2. The molecule has 3 nitrogen and oxygen atoms in total. The van der Waals surface area contributed by atoms with Gasteiger partial charge in [-0.05, 0) is 44.7 Å². The Morgan fingerprint density at radius 3 is 2.79 bits per heavy atom. The lowest BCUT2D eigenvalue weighted by Crippen LogP contribution is -2.38. The van der Waals surface area contributed by atoms with E-state index < -0.39 is 5.41 Å². The minimum Gasteiger partial charge on any atom is -0.456 e. The van der Waals surface area contributed by atoms with Gasteiger partial charge in [-0.15, -0.1) is 11.3 Å². The third-order valence-electron chi connectivity index (χ3n) is 3.02. The Labute approximate surface area is 118 Å². The van der Waals surface area contributed by atoms with Crippen LogP contribution in [0.5, 0.6) is 0 Å². The standard InChI is InChI=1S/C15H21NO2S/c1-10-7-13(19-9-10)11-5-6-16-8-12(11)18-14(17)15(2,3)4/h5,7,9,12,16H,6,8H2,1-4H3/t12-/m0/s1. The fraction of sp³-hybridized carbons (Fsp3) is 0.533. The molecule has 0 bridgehead atoms. The van der Waals surface area contributed by atoms with Gasteiger partial charge in [-0.25, -0.2) is 0 Å². The van der Waals surface area contributed by atoms with Crippen LogP contribution in [-0.4, -0.2) is 25.2 Å². The summed E-state index contributed by atoms with van der Waals surface area (Å²) >= 11 is 1.71. The SMILES string of the molecule is Cc1csc(C2=CCNC[C@@H]2OC(=O)C(C)(C)C)c1. The molecule has 0 aliphatic carbocycles. The zero-order chi connectivity index (χ0) is 14.0. The molecular weight excluding hydrogens is 258 g/mol. The van der Waals surface area contributed by atoms with Crippen LogP contribution in [0.4, 0.5) is 0 Å². The number of aryl methyl sites for hydroxylation is 1. The van der Waals surface area contributed by atoms with Crippen molar-refractivity contribution in [3.63, 3.8) is 0 Å². The van der Waals surface area contributed by atoms with Crippen LogP contribution in [0, 0.1) is 12.3 Å². The minimum absolute atomic E-state index is 0.152. The Kier molecular flexibility index (Phi) is 4.11. The van der Waals surface area contributed by atoms with Gasteiger partial charge in [0.2, 0.25) is 0 Å². The molecule has 1 N–H and O–H groups in total. The van der Waals surface area contributed by atoms with E-state index in [1.807, 2.05) is 20.8 Å². The summed E-state index contributed by atoms with van der Waals surface area (Å²) in [5.41, 5.74) is 1.92. The number of hydrogen-bond acceptors (Lipinski definition) is 4. The highest BCUT2D eigenvalue weighted by atomic mass is 32.1. The van der Waals surface area contributed by atoms with Crippen molar-refractivity contribution in [3.05, 3.63) is 28.0 Å². The second-order valence-corrected chi connectivity index (χ2v) is 6.86. The summed E-state index contributed by atoms with van der Waals surface area (Å²) in [6, 6.07) is 2.15. The molecule has 1 aliphatic heterocycles. The van der Waals surface area contributed by atoms with E-state index in [1.165, 1.54) is 10.4 Å². The van der Waals surface area contributed by atoms with Crippen LogP contribution >= 0.6 is 11.3 Å². The number of ether oxygens (including phenoxy) is 1. The van der Waals surface area contributed by atoms with Crippen molar-refractivity contribution in [3.8, 4) is 0 Å². The molecule has 1 atom stereocenters. The van der Waals surface area contributed by atoms with Gasteiger partial charge in [0.1, 0.15) is 6.10 Å². The molecule has 2 heterocycles. The van der Waals surface area contributed by atoms with Gasteiger partial charge in [0.15, 0.2) is 0 Å². The number of rotatable bonds is 2. The van der Waals surface area contributed by atoms with Crippen molar-refractivity contribution in [2.45, 2.75) is 33.8 Å². The van der Waals surface area contributed by atoms with Crippen molar-refractivity contribution >= 4 is 22.9 Å². The van der Waals surface area contributed by atoms with Crippen LogP contribution in [0.2, 0.25) is 0 Å². The molecule has 0 unspecified atom stereocenters. The summed E-state index contributed by atoms with van der Waals surface area (Å²) < 4.78 is 5.67. The Morgan fingerprint density at radius 1 is 1.47 bits per heavy atom. The lowest BCUT2D eigenvalue weighted by atomic mass is 9.96. The third-order valence-corrected chi connectivity index (χ3v) is 4.12. The Hall–Kier alpha value is -1.13. The van der Waals surface area contributed by atoms with Gasteiger partial charge in [-0.1, -0.05) is 6.08 Å². The van der Waals surface area contributed by atoms with Gasteiger partial charge in [0.05, 0.1) is 5.41 Å². The van der Waals surface area contributed by atoms with E-state index in [0.717, 1.165) is 12.1 Å². The first-order valence-electron chi connectivity index (χ1n) is 6.55. The normalized spacial score (nSPS) is 20.0. The molecular formula is C15H21NO2S. The zero-order valence-corrected chi connectivity index (χ0v) is 12.8. The fourth-order valence-electron chi connectivity index (χ4n) is 1.89.